The van der Waals surface area contributed by atoms with Crippen LogP contribution in [0, 0.1) is 5.82 Å². The molecule has 7 heteroatoms. The van der Waals surface area contributed by atoms with Crippen LogP contribution < -0.4 is 4.74 Å². The van der Waals surface area contributed by atoms with E-state index in [0.717, 1.165) is 47.6 Å². The topological polar surface area (TPSA) is 55.8 Å². The zero-order valence-electron chi connectivity index (χ0n) is 20.8. The first-order valence-electron chi connectivity index (χ1n) is 12.7. The summed E-state index contributed by atoms with van der Waals surface area (Å²) >= 11 is 1.64. The first kappa shape index (κ1) is 25.3. The van der Waals surface area contributed by atoms with Crippen LogP contribution in [0.2, 0.25) is 0 Å². The highest BCUT2D eigenvalue weighted by molar-refractivity contribution is 7.98. The minimum Gasteiger partial charge on any atom is -0.490 e. The summed E-state index contributed by atoms with van der Waals surface area (Å²) < 4.78 is 24.4. The molecule has 5 rings (SSSR count). The van der Waals surface area contributed by atoms with E-state index in [0.29, 0.717) is 17.7 Å². The molecule has 2 saturated heterocycles. The Hall–Kier alpha value is -3.32. The number of carbonyl (C=O) groups is 2. The molecule has 0 saturated carbocycles. The van der Waals surface area contributed by atoms with E-state index in [1.807, 2.05) is 36.4 Å². The Balaban J connectivity index is 1.16. The Morgan fingerprint density at radius 3 is 2.14 bits per heavy atom. The first-order valence-corrected chi connectivity index (χ1v) is 13.7. The van der Waals surface area contributed by atoms with Crippen molar-refractivity contribution < 1.29 is 23.5 Å². The minimum absolute atomic E-state index is 0.0425. The van der Waals surface area contributed by atoms with E-state index in [9.17, 15) is 14.0 Å². The number of benzene rings is 3. The van der Waals surface area contributed by atoms with Crippen molar-refractivity contribution in [3.8, 4) is 5.75 Å². The Kier molecular flexibility index (Phi) is 7.79. The van der Waals surface area contributed by atoms with Crippen molar-refractivity contribution >= 4 is 23.6 Å². The van der Waals surface area contributed by atoms with E-state index in [1.54, 1.807) is 43.0 Å². The van der Waals surface area contributed by atoms with Crippen molar-refractivity contribution in [3.05, 3.63) is 95.3 Å². The molecule has 2 heterocycles. The maximum atomic E-state index is 13.4. The lowest BCUT2D eigenvalue weighted by Crippen LogP contribution is -2.49. The largest absolute Gasteiger partial charge is 0.490 e. The van der Waals surface area contributed by atoms with Crippen LogP contribution in [0.3, 0.4) is 0 Å². The molecule has 2 aliphatic rings. The summed E-state index contributed by atoms with van der Waals surface area (Å²) in [6, 6.07) is 21.7. The first-order chi connectivity index (χ1) is 18.0. The quantitative estimate of drug-likeness (QED) is 0.251. The fourth-order valence-corrected chi connectivity index (χ4v) is 6.08. The van der Waals surface area contributed by atoms with Crippen LogP contribution in [0.15, 0.2) is 77.7 Å². The second-order valence-corrected chi connectivity index (χ2v) is 10.5. The number of esters is 1. The molecule has 37 heavy (non-hydrogen) atoms. The number of thioether (sulfide) groups is 1. The van der Waals surface area contributed by atoms with Crippen LogP contribution in [0.4, 0.5) is 4.39 Å². The highest BCUT2D eigenvalue weighted by Gasteiger charge is 2.44. The predicted octanol–water partition coefficient (Wildman–Crippen LogP) is 6.51. The molecule has 192 valence electrons. The number of halogens is 1. The number of carbonyl (C=O) groups excluding carboxylic acids is 2. The van der Waals surface area contributed by atoms with E-state index in [2.05, 4.69) is 4.90 Å². The zero-order chi connectivity index (χ0) is 25.8. The molecular weight excluding hydrogens is 489 g/mol. The summed E-state index contributed by atoms with van der Waals surface area (Å²) in [7, 11) is 0. The Bertz CT molecular complexity index is 1220. The maximum Gasteiger partial charge on any atom is 0.338 e. The van der Waals surface area contributed by atoms with Gasteiger partial charge < -0.3 is 14.4 Å². The average molecular weight is 520 g/mol. The average Bonchev–Trinajstić information content (AvgIpc) is 3.18. The van der Waals surface area contributed by atoms with Gasteiger partial charge in [0.2, 0.25) is 0 Å². The van der Waals surface area contributed by atoms with E-state index in [4.69, 9.17) is 9.47 Å². The van der Waals surface area contributed by atoms with Gasteiger partial charge >= 0.3 is 5.97 Å². The number of fused-ring (bicyclic) bond motifs is 2. The number of hydrogen-bond donors (Lipinski definition) is 0. The molecule has 2 atom stereocenters. The van der Waals surface area contributed by atoms with Gasteiger partial charge in [-0.15, -0.1) is 11.8 Å². The van der Waals surface area contributed by atoms with E-state index in [-0.39, 0.29) is 35.9 Å². The molecule has 2 unspecified atom stereocenters. The van der Waals surface area contributed by atoms with Gasteiger partial charge in [0.1, 0.15) is 17.7 Å². The molecular formula is C30H30FNO4S. The van der Waals surface area contributed by atoms with Crippen molar-refractivity contribution in [1.82, 2.24) is 4.90 Å². The third kappa shape index (κ3) is 5.99. The van der Waals surface area contributed by atoms with Gasteiger partial charge in [-0.1, -0.05) is 12.1 Å². The van der Waals surface area contributed by atoms with Gasteiger partial charge in [-0.05, 0) is 86.0 Å². The molecule has 1 amide bonds. The van der Waals surface area contributed by atoms with Gasteiger partial charge in [0.15, 0.2) is 0 Å². The highest BCUT2D eigenvalue weighted by atomic mass is 32.2. The molecule has 3 aromatic rings. The van der Waals surface area contributed by atoms with E-state index in [1.165, 1.54) is 12.1 Å². The molecule has 0 aliphatic carbocycles. The summed E-state index contributed by atoms with van der Waals surface area (Å²) in [5.41, 5.74) is 2.34. The Morgan fingerprint density at radius 2 is 1.51 bits per heavy atom. The Morgan fingerprint density at radius 1 is 0.892 bits per heavy atom. The van der Waals surface area contributed by atoms with Crippen molar-refractivity contribution in [3.63, 3.8) is 0 Å². The molecule has 2 fully saturated rings. The van der Waals surface area contributed by atoms with Gasteiger partial charge in [-0.3, -0.25) is 4.79 Å². The summed E-state index contributed by atoms with van der Waals surface area (Å²) in [5, 5.41) is 0. The van der Waals surface area contributed by atoms with Crippen LogP contribution in [0.25, 0.3) is 0 Å². The van der Waals surface area contributed by atoms with Crippen molar-refractivity contribution in [2.24, 2.45) is 0 Å². The molecule has 0 N–H and O–H groups in total. The van der Waals surface area contributed by atoms with Gasteiger partial charge in [-0.25, -0.2) is 9.18 Å². The summed E-state index contributed by atoms with van der Waals surface area (Å²) in [5.74, 6) is 1.00. The van der Waals surface area contributed by atoms with Crippen LogP contribution in [0.5, 0.6) is 5.75 Å². The van der Waals surface area contributed by atoms with Crippen LogP contribution >= 0.6 is 11.8 Å². The summed E-state index contributed by atoms with van der Waals surface area (Å²) in [4.78, 5) is 28.3. The third-order valence-corrected chi connectivity index (χ3v) is 8.10. The summed E-state index contributed by atoms with van der Waals surface area (Å²) in [6.45, 7) is 2.13. The van der Waals surface area contributed by atoms with Crippen LogP contribution in [-0.2, 0) is 10.5 Å². The number of piperidine rings is 1. The van der Waals surface area contributed by atoms with E-state index >= 15 is 0 Å². The van der Waals surface area contributed by atoms with Crippen LogP contribution in [0.1, 0.15) is 58.9 Å². The monoisotopic (exact) mass is 519 g/mol. The minimum atomic E-state index is -0.335. The predicted molar refractivity (Wildman–Crippen MR) is 141 cm³/mol. The van der Waals surface area contributed by atoms with Crippen molar-refractivity contribution in [2.45, 2.75) is 61.4 Å². The third-order valence-electron chi connectivity index (χ3n) is 7.01. The Labute approximate surface area is 221 Å². The zero-order valence-corrected chi connectivity index (χ0v) is 21.6. The molecule has 2 bridgehead atoms. The fraction of sp³-hybridized carbons (Fsp3) is 0.333. The lowest BCUT2D eigenvalue weighted by Gasteiger charge is -2.39. The van der Waals surface area contributed by atoms with Gasteiger partial charge in [0, 0.05) is 41.1 Å². The number of rotatable bonds is 8. The van der Waals surface area contributed by atoms with Gasteiger partial charge in [0.25, 0.3) is 5.91 Å². The van der Waals surface area contributed by atoms with Crippen molar-refractivity contribution in [1.29, 1.82) is 0 Å². The molecule has 0 aromatic heterocycles. The SMILES string of the molecule is CCOC(=O)c1ccc(OC2CC3CCC(C2)N3C(=O)c2ccc(CSc3ccc(F)cc3)cc2)cc1. The smallest absolute Gasteiger partial charge is 0.338 e. The molecule has 0 radical (unpaired) electrons. The van der Waals surface area contributed by atoms with E-state index < -0.39 is 0 Å². The normalized spacial score (nSPS) is 20.5. The number of amides is 1. The maximum absolute atomic E-state index is 13.4. The molecule has 5 nitrogen and oxygen atoms in total. The lowest BCUT2D eigenvalue weighted by atomic mass is 9.98. The molecule has 2 aliphatic heterocycles. The number of nitrogens with zero attached hydrogens (tertiary/aromatic N) is 1. The fourth-order valence-electron chi connectivity index (χ4n) is 5.22. The molecule has 0 spiro atoms. The highest BCUT2D eigenvalue weighted by Crippen LogP contribution is 2.38. The lowest BCUT2D eigenvalue weighted by molar-refractivity contribution is 0.0359. The standard InChI is InChI=1S/C30H30FNO4S/c1-2-35-30(34)22-7-13-26(14-8-22)36-27-17-24-11-12-25(18-27)32(24)29(33)21-5-3-20(4-6-21)19-37-28-15-9-23(31)10-16-28/h3-10,13-16,24-25,27H,2,11-12,17-19H2,1H3. The second kappa shape index (κ2) is 11.4. The van der Waals surface area contributed by atoms with Gasteiger partial charge in [-0.2, -0.15) is 0 Å². The summed E-state index contributed by atoms with van der Waals surface area (Å²) in [6.07, 6.45) is 3.62. The number of ether oxygens (including phenoxy) is 2. The van der Waals surface area contributed by atoms with Crippen LogP contribution in [-0.4, -0.2) is 41.6 Å². The van der Waals surface area contributed by atoms with Gasteiger partial charge in [0.05, 0.1) is 12.2 Å². The molecule has 3 aromatic carbocycles. The number of hydrogen-bond acceptors (Lipinski definition) is 5. The second-order valence-electron chi connectivity index (χ2n) is 9.49. The van der Waals surface area contributed by atoms with Crippen molar-refractivity contribution in [2.75, 3.05) is 6.61 Å².